The topological polar surface area (TPSA) is 101 Å². The highest BCUT2D eigenvalue weighted by Crippen LogP contribution is 2.30. The van der Waals surface area contributed by atoms with Crippen LogP contribution in [0.25, 0.3) is 16.9 Å². The van der Waals surface area contributed by atoms with Gasteiger partial charge in [-0.15, -0.1) is 0 Å². The number of rotatable bonds is 10. The fourth-order valence-corrected chi connectivity index (χ4v) is 4.92. The van der Waals surface area contributed by atoms with E-state index in [9.17, 15) is 5.26 Å². The number of nitrogens with zero attached hydrogens (tertiary/aromatic N) is 7. The van der Waals surface area contributed by atoms with Crippen LogP contribution in [0.5, 0.6) is 11.5 Å². The Morgan fingerprint density at radius 2 is 1.52 bits per heavy atom. The number of benzene rings is 3. The molecule has 0 N–H and O–H groups in total. The lowest BCUT2D eigenvalue weighted by atomic mass is 10.1. The molecule has 0 unspecified atom stereocenters. The predicted molar refractivity (Wildman–Crippen MR) is 164 cm³/mol. The molecule has 3 heterocycles. The van der Waals surface area contributed by atoms with E-state index in [1.165, 1.54) is 6.07 Å². The summed E-state index contributed by atoms with van der Waals surface area (Å²) in [5.74, 6) is 1.92. The summed E-state index contributed by atoms with van der Waals surface area (Å²) in [5.41, 5.74) is 3.81. The van der Waals surface area contributed by atoms with Crippen LogP contribution in [0, 0.1) is 17.1 Å². The van der Waals surface area contributed by atoms with Crippen LogP contribution in [-0.4, -0.2) is 38.8 Å². The average molecular weight is 586 g/mol. The molecule has 0 bridgehead atoms. The fourth-order valence-electron chi connectivity index (χ4n) is 4.92. The Hall–Kier alpha value is -5.82. The number of halogens is 1. The molecule has 0 radical (unpaired) electrons. The smallest absolute Gasteiger partial charge is 0.198 e. The first-order valence-electron chi connectivity index (χ1n) is 13.9. The second kappa shape index (κ2) is 12.6. The van der Waals surface area contributed by atoms with Gasteiger partial charge in [0.2, 0.25) is 0 Å². The monoisotopic (exact) mass is 585 g/mol. The third-order valence-corrected chi connectivity index (χ3v) is 7.17. The lowest BCUT2D eigenvalue weighted by molar-refractivity contribution is 0.414. The Kier molecular flexibility index (Phi) is 8.10. The number of ether oxygens (including phenoxy) is 2. The second-order valence-corrected chi connectivity index (χ2v) is 10.1. The van der Waals surface area contributed by atoms with Crippen LogP contribution in [0.3, 0.4) is 0 Å². The molecule has 0 spiro atoms. The van der Waals surface area contributed by atoms with Crippen LogP contribution >= 0.6 is 0 Å². The van der Waals surface area contributed by atoms with Crippen molar-refractivity contribution in [1.29, 1.82) is 5.26 Å². The van der Waals surface area contributed by atoms with Gasteiger partial charge in [0.1, 0.15) is 23.4 Å². The quantitative estimate of drug-likeness (QED) is 0.193. The van der Waals surface area contributed by atoms with Crippen molar-refractivity contribution in [3.05, 3.63) is 131 Å². The number of anilines is 1. The van der Waals surface area contributed by atoms with Gasteiger partial charge in [0.25, 0.3) is 0 Å². The molecule has 6 aromatic rings. The number of fused-ring (bicyclic) bond motifs is 1. The molecule has 44 heavy (non-hydrogen) atoms. The molecule has 0 saturated carbocycles. The molecule has 3 aromatic carbocycles. The van der Waals surface area contributed by atoms with Crippen molar-refractivity contribution in [2.75, 3.05) is 19.1 Å². The lowest BCUT2D eigenvalue weighted by Crippen LogP contribution is -2.24. The highest BCUT2D eigenvalue weighted by molar-refractivity contribution is 5.71. The van der Waals surface area contributed by atoms with E-state index >= 15 is 4.39 Å². The molecule has 218 valence electrons. The van der Waals surface area contributed by atoms with Crippen molar-refractivity contribution in [2.24, 2.45) is 0 Å². The molecule has 10 heteroatoms. The highest BCUT2D eigenvalue weighted by atomic mass is 19.1. The standard InChI is InChI=1S/C34H28FN7O2/c1-43-27-13-9-23(10-14-27)20-41(21-24-11-15-28(44-2)16-12-24)33-34-39-31(18-26-7-3-4-17-37-26)40-42(34)22-30(38-33)29-8-5-6-25(19-36)32(29)35/h3-17,22H,18,20-21H2,1-2H3. The fraction of sp³-hybridized carbons (Fsp3) is 0.147. The lowest BCUT2D eigenvalue weighted by Gasteiger charge is -2.25. The van der Waals surface area contributed by atoms with E-state index in [0.29, 0.717) is 42.5 Å². The minimum Gasteiger partial charge on any atom is -0.497 e. The molecule has 0 atom stereocenters. The maximum atomic E-state index is 15.5. The third-order valence-electron chi connectivity index (χ3n) is 7.17. The Morgan fingerprint density at radius 3 is 2.11 bits per heavy atom. The van der Waals surface area contributed by atoms with Crippen LogP contribution in [0.1, 0.15) is 28.2 Å². The van der Waals surface area contributed by atoms with E-state index in [-0.39, 0.29) is 11.1 Å². The molecule has 0 fully saturated rings. The van der Waals surface area contributed by atoms with Crippen LogP contribution in [0.4, 0.5) is 10.2 Å². The number of nitriles is 1. The maximum Gasteiger partial charge on any atom is 0.198 e. The van der Waals surface area contributed by atoms with Crippen molar-refractivity contribution in [3.8, 4) is 28.8 Å². The number of hydrogen-bond donors (Lipinski definition) is 0. The SMILES string of the molecule is COc1ccc(CN(Cc2ccc(OC)cc2)c2nc(-c3cccc(C#N)c3F)cn3nc(Cc4ccccn4)nc23)cc1. The molecule has 0 amide bonds. The normalized spacial score (nSPS) is 10.9. The van der Waals surface area contributed by atoms with Gasteiger partial charge in [-0.1, -0.05) is 36.4 Å². The second-order valence-electron chi connectivity index (χ2n) is 10.1. The highest BCUT2D eigenvalue weighted by Gasteiger charge is 2.22. The van der Waals surface area contributed by atoms with E-state index in [0.717, 1.165) is 28.3 Å². The van der Waals surface area contributed by atoms with Gasteiger partial charge in [-0.3, -0.25) is 4.98 Å². The van der Waals surface area contributed by atoms with E-state index in [1.54, 1.807) is 43.3 Å². The van der Waals surface area contributed by atoms with Gasteiger partial charge >= 0.3 is 0 Å². The summed E-state index contributed by atoms with van der Waals surface area (Å²) in [7, 11) is 3.26. The van der Waals surface area contributed by atoms with Gasteiger partial charge in [-0.05, 0) is 59.7 Å². The minimum absolute atomic E-state index is 0.0614. The van der Waals surface area contributed by atoms with Crippen LogP contribution in [-0.2, 0) is 19.5 Å². The van der Waals surface area contributed by atoms with Gasteiger partial charge in [-0.2, -0.15) is 10.4 Å². The van der Waals surface area contributed by atoms with E-state index < -0.39 is 5.82 Å². The maximum absolute atomic E-state index is 15.5. The van der Waals surface area contributed by atoms with Gasteiger partial charge in [0.05, 0.1) is 38.1 Å². The summed E-state index contributed by atoms with van der Waals surface area (Å²) >= 11 is 0. The average Bonchev–Trinajstić information content (AvgIpc) is 3.47. The number of aromatic nitrogens is 5. The van der Waals surface area contributed by atoms with Crippen molar-refractivity contribution >= 4 is 11.5 Å². The Bertz CT molecular complexity index is 1890. The van der Waals surface area contributed by atoms with Crippen LogP contribution in [0.2, 0.25) is 0 Å². The third kappa shape index (κ3) is 6.03. The summed E-state index contributed by atoms with van der Waals surface area (Å²) in [5, 5.41) is 14.2. The van der Waals surface area contributed by atoms with Crippen molar-refractivity contribution in [1.82, 2.24) is 24.6 Å². The van der Waals surface area contributed by atoms with Gasteiger partial charge < -0.3 is 14.4 Å². The molecule has 0 aliphatic rings. The van der Waals surface area contributed by atoms with Gasteiger partial charge in [0, 0.05) is 30.5 Å². The Balaban J connectivity index is 1.51. The summed E-state index contributed by atoms with van der Waals surface area (Å²) in [6.45, 7) is 0.927. The summed E-state index contributed by atoms with van der Waals surface area (Å²) in [6.07, 6.45) is 3.78. The minimum atomic E-state index is -0.640. The molecule has 0 aliphatic carbocycles. The number of hydrogen-bond acceptors (Lipinski definition) is 8. The molecule has 0 saturated heterocycles. The first-order valence-corrected chi connectivity index (χ1v) is 13.9. The molecule has 6 rings (SSSR count). The molecule has 9 nitrogen and oxygen atoms in total. The predicted octanol–water partition coefficient (Wildman–Crippen LogP) is 6.01. The zero-order chi connectivity index (χ0) is 30.5. The molecule has 3 aromatic heterocycles. The zero-order valence-corrected chi connectivity index (χ0v) is 24.2. The molecular weight excluding hydrogens is 557 g/mol. The Labute approximate surface area is 253 Å². The van der Waals surface area contributed by atoms with Crippen molar-refractivity contribution < 1.29 is 13.9 Å². The number of pyridine rings is 1. The van der Waals surface area contributed by atoms with E-state index in [1.807, 2.05) is 72.8 Å². The summed E-state index contributed by atoms with van der Waals surface area (Å²) < 4.78 is 27.8. The van der Waals surface area contributed by atoms with E-state index in [4.69, 9.17) is 24.5 Å². The first kappa shape index (κ1) is 28.3. The van der Waals surface area contributed by atoms with Crippen molar-refractivity contribution in [2.45, 2.75) is 19.5 Å². The Morgan fingerprint density at radius 1 is 0.841 bits per heavy atom. The van der Waals surface area contributed by atoms with Crippen molar-refractivity contribution in [3.63, 3.8) is 0 Å². The van der Waals surface area contributed by atoms with Crippen LogP contribution in [0.15, 0.2) is 97.3 Å². The summed E-state index contributed by atoms with van der Waals surface area (Å²) in [4.78, 5) is 16.4. The number of methoxy groups -OCH3 is 2. The van der Waals surface area contributed by atoms with Gasteiger partial charge in [0.15, 0.2) is 17.3 Å². The summed E-state index contributed by atoms with van der Waals surface area (Å²) in [6, 6.07) is 27.9. The molecular formula is C34H28FN7O2. The van der Waals surface area contributed by atoms with Gasteiger partial charge in [-0.25, -0.2) is 18.9 Å². The van der Waals surface area contributed by atoms with E-state index in [2.05, 4.69) is 9.88 Å². The zero-order valence-electron chi connectivity index (χ0n) is 24.2. The first-order chi connectivity index (χ1) is 21.5. The van der Waals surface area contributed by atoms with Crippen LogP contribution < -0.4 is 14.4 Å². The largest absolute Gasteiger partial charge is 0.497 e. The molecule has 0 aliphatic heterocycles.